The summed E-state index contributed by atoms with van der Waals surface area (Å²) in [6.45, 7) is 6.93. The van der Waals surface area contributed by atoms with E-state index in [1.54, 1.807) is 7.11 Å². The van der Waals surface area contributed by atoms with E-state index in [1.807, 2.05) is 13.0 Å². The second-order valence-electron chi connectivity index (χ2n) is 4.63. The number of hydrogen-bond donors (Lipinski definition) is 1. The van der Waals surface area contributed by atoms with Crippen LogP contribution in [-0.4, -0.2) is 26.7 Å². The van der Waals surface area contributed by atoms with E-state index in [4.69, 9.17) is 4.74 Å². The van der Waals surface area contributed by atoms with Crippen LogP contribution < -0.4 is 10.1 Å². The fourth-order valence-corrected chi connectivity index (χ4v) is 2.08. The molecule has 1 aromatic carbocycles. The molecular formula is C15H23NO3. The number of esters is 1. The van der Waals surface area contributed by atoms with Crippen molar-refractivity contribution in [3.05, 3.63) is 22.8 Å². The van der Waals surface area contributed by atoms with Crippen molar-refractivity contribution in [2.45, 2.75) is 33.6 Å². The molecule has 106 valence electrons. The van der Waals surface area contributed by atoms with Gasteiger partial charge in [-0.25, -0.2) is 0 Å². The standard InChI is InChI=1S/C15H23NO3/c1-10-9-13(18-4)11(2)12(3)15(10)16-8-6-7-14(17)19-5/h9,16H,6-8H2,1-5H3. The Hall–Kier alpha value is -1.71. The van der Waals surface area contributed by atoms with E-state index < -0.39 is 0 Å². The van der Waals surface area contributed by atoms with Gasteiger partial charge in [-0.3, -0.25) is 4.79 Å². The van der Waals surface area contributed by atoms with E-state index in [2.05, 4.69) is 23.9 Å². The summed E-state index contributed by atoms with van der Waals surface area (Å²) in [7, 11) is 3.10. The molecule has 19 heavy (non-hydrogen) atoms. The summed E-state index contributed by atoms with van der Waals surface area (Å²) in [6, 6.07) is 2.03. The molecule has 4 nitrogen and oxygen atoms in total. The topological polar surface area (TPSA) is 47.6 Å². The van der Waals surface area contributed by atoms with Gasteiger partial charge in [0, 0.05) is 18.7 Å². The molecule has 0 radical (unpaired) electrons. The van der Waals surface area contributed by atoms with Crippen LogP contribution in [-0.2, 0) is 9.53 Å². The smallest absolute Gasteiger partial charge is 0.305 e. The van der Waals surface area contributed by atoms with Crippen molar-refractivity contribution < 1.29 is 14.3 Å². The van der Waals surface area contributed by atoms with Crippen LogP contribution in [0.2, 0.25) is 0 Å². The van der Waals surface area contributed by atoms with E-state index in [0.29, 0.717) is 6.42 Å². The number of benzene rings is 1. The Balaban J connectivity index is 2.69. The van der Waals surface area contributed by atoms with E-state index in [-0.39, 0.29) is 5.97 Å². The lowest BCUT2D eigenvalue weighted by Crippen LogP contribution is -2.09. The Labute approximate surface area is 115 Å². The Kier molecular flexibility index (Phi) is 5.67. The number of carbonyl (C=O) groups excluding carboxylic acids is 1. The molecule has 0 saturated carbocycles. The zero-order valence-electron chi connectivity index (χ0n) is 12.4. The van der Waals surface area contributed by atoms with Crippen molar-refractivity contribution in [2.24, 2.45) is 0 Å². The summed E-state index contributed by atoms with van der Waals surface area (Å²) in [5.74, 6) is 0.747. The molecule has 0 aliphatic rings. The molecule has 0 heterocycles. The molecule has 1 rings (SSSR count). The molecule has 0 spiro atoms. The minimum atomic E-state index is -0.166. The molecule has 0 amide bonds. The maximum absolute atomic E-state index is 11.0. The minimum absolute atomic E-state index is 0.166. The lowest BCUT2D eigenvalue weighted by atomic mass is 10.0. The van der Waals surface area contributed by atoms with Crippen molar-refractivity contribution in [2.75, 3.05) is 26.1 Å². The zero-order valence-corrected chi connectivity index (χ0v) is 12.4. The molecule has 0 aliphatic heterocycles. The van der Waals surface area contributed by atoms with Gasteiger partial charge in [-0.05, 0) is 49.9 Å². The Bertz CT molecular complexity index is 455. The highest BCUT2D eigenvalue weighted by molar-refractivity contribution is 5.69. The maximum atomic E-state index is 11.0. The van der Waals surface area contributed by atoms with Gasteiger partial charge in [0.2, 0.25) is 0 Å². The van der Waals surface area contributed by atoms with E-state index in [9.17, 15) is 4.79 Å². The van der Waals surface area contributed by atoms with Crippen molar-refractivity contribution in [1.82, 2.24) is 0 Å². The van der Waals surface area contributed by atoms with E-state index >= 15 is 0 Å². The van der Waals surface area contributed by atoms with Crippen LogP contribution in [0.25, 0.3) is 0 Å². The second kappa shape index (κ2) is 7.02. The molecule has 0 fully saturated rings. The summed E-state index contributed by atoms with van der Waals surface area (Å²) in [5, 5.41) is 3.39. The largest absolute Gasteiger partial charge is 0.496 e. The van der Waals surface area contributed by atoms with Crippen LogP contribution >= 0.6 is 0 Å². The van der Waals surface area contributed by atoms with Gasteiger partial charge in [-0.1, -0.05) is 0 Å². The first kappa shape index (κ1) is 15.3. The number of hydrogen-bond acceptors (Lipinski definition) is 4. The van der Waals surface area contributed by atoms with Gasteiger partial charge in [0.05, 0.1) is 14.2 Å². The first-order valence-corrected chi connectivity index (χ1v) is 6.46. The van der Waals surface area contributed by atoms with Crippen LogP contribution in [0.5, 0.6) is 5.75 Å². The van der Waals surface area contributed by atoms with Gasteiger partial charge >= 0.3 is 5.97 Å². The second-order valence-corrected chi connectivity index (χ2v) is 4.63. The number of nitrogens with one attached hydrogen (secondary N) is 1. The van der Waals surface area contributed by atoms with Crippen LogP contribution in [0.15, 0.2) is 6.07 Å². The predicted molar refractivity (Wildman–Crippen MR) is 76.9 cm³/mol. The zero-order chi connectivity index (χ0) is 14.4. The molecule has 0 aliphatic carbocycles. The van der Waals surface area contributed by atoms with Crippen LogP contribution in [0.1, 0.15) is 29.5 Å². The molecule has 0 saturated heterocycles. The normalized spacial score (nSPS) is 10.2. The number of anilines is 1. The third-order valence-corrected chi connectivity index (χ3v) is 3.36. The summed E-state index contributed by atoms with van der Waals surface area (Å²) in [5.41, 5.74) is 4.61. The van der Waals surface area contributed by atoms with E-state index in [0.717, 1.165) is 35.5 Å². The van der Waals surface area contributed by atoms with Gasteiger partial charge < -0.3 is 14.8 Å². The molecule has 4 heteroatoms. The molecule has 1 aromatic rings. The van der Waals surface area contributed by atoms with Crippen molar-refractivity contribution in [3.63, 3.8) is 0 Å². The summed E-state index contributed by atoms with van der Waals surface area (Å²) in [6.07, 6.45) is 1.20. The van der Waals surface area contributed by atoms with Gasteiger partial charge in [0.25, 0.3) is 0 Å². The molecule has 0 unspecified atom stereocenters. The van der Waals surface area contributed by atoms with Gasteiger partial charge in [-0.2, -0.15) is 0 Å². The third-order valence-electron chi connectivity index (χ3n) is 3.36. The van der Waals surface area contributed by atoms with Crippen molar-refractivity contribution in [3.8, 4) is 5.75 Å². The fraction of sp³-hybridized carbons (Fsp3) is 0.533. The third kappa shape index (κ3) is 3.88. The highest BCUT2D eigenvalue weighted by Crippen LogP contribution is 2.31. The molecule has 0 aromatic heterocycles. The first-order chi connectivity index (χ1) is 9.01. The van der Waals surface area contributed by atoms with Gasteiger partial charge in [0.1, 0.15) is 5.75 Å². The summed E-state index contributed by atoms with van der Waals surface area (Å²) >= 11 is 0. The van der Waals surface area contributed by atoms with E-state index in [1.165, 1.54) is 12.7 Å². The highest BCUT2D eigenvalue weighted by atomic mass is 16.5. The number of methoxy groups -OCH3 is 2. The minimum Gasteiger partial charge on any atom is -0.496 e. The molecule has 0 atom stereocenters. The molecule has 0 bridgehead atoms. The van der Waals surface area contributed by atoms with Gasteiger partial charge in [0.15, 0.2) is 0 Å². The predicted octanol–water partition coefficient (Wildman–Crippen LogP) is 2.99. The van der Waals surface area contributed by atoms with Crippen molar-refractivity contribution in [1.29, 1.82) is 0 Å². The first-order valence-electron chi connectivity index (χ1n) is 6.46. The summed E-state index contributed by atoms with van der Waals surface area (Å²) in [4.78, 5) is 11.0. The number of aryl methyl sites for hydroxylation is 1. The highest BCUT2D eigenvalue weighted by Gasteiger charge is 2.10. The molecule has 1 N–H and O–H groups in total. The van der Waals surface area contributed by atoms with Crippen molar-refractivity contribution >= 4 is 11.7 Å². The van der Waals surface area contributed by atoms with Gasteiger partial charge in [-0.15, -0.1) is 0 Å². The lowest BCUT2D eigenvalue weighted by molar-refractivity contribution is -0.140. The SMILES string of the molecule is COC(=O)CCCNc1c(C)cc(OC)c(C)c1C. The quantitative estimate of drug-likeness (QED) is 0.634. The Morgan fingerprint density at radius 2 is 1.89 bits per heavy atom. The molecular weight excluding hydrogens is 242 g/mol. The number of carbonyl (C=O) groups is 1. The van der Waals surface area contributed by atoms with Crippen LogP contribution in [0, 0.1) is 20.8 Å². The maximum Gasteiger partial charge on any atom is 0.305 e. The van der Waals surface area contributed by atoms with Crippen LogP contribution in [0.4, 0.5) is 5.69 Å². The summed E-state index contributed by atoms with van der Waals surface area (Å²) < 4.78 is 9.96. The average molecular weight is 265 g/mol. The Morgan fingerprint density at radius 3 is 2.47 bits per heavy atom. The fourth-order valence-electron chi connectivity index (χ4n) is 2.08. The lowest BCUT2D eigenvalue weighted by Gasteiger charge is -2.17. The number of rotatable bonds is 6. The monoisotopic (exact) mass is 265 g/mol. The average Bonchev–Trinajstić information content (AvgIpc) is 2.41. The van der Waals surface area contributed by atoms with Crippen LogP contribution in [0.3, 0.4) is 0 Å². The number of ether oxygens (including phenoxy) is 2. The Morgan fingerprint density at radius 1 is 1.21 bits per heavy atom.